The highest BCUT2D eigenvalue weighted by atomic mass is 35.5. The molecule has 4 nitrogen and oxygen atoms in total. The minimum absolute atomic E-state index is 0.0680. The quantitative estimate of drug-likeness (QED) is 0.839. The number of aryl methyl sites for hydroxylation is 1. The fourth-order valence-corrected chi connectivity index (χ4v) is 2.05. The van der Waals surface area contributed by atoms with Crippen molar-refractivity contribution in [1.29, 1.82) is 0 Å². The molecule has 0 unspecified atom stereocenters. The normalized spacial score (nSPS) is 12.2. The Balaban J connectivity index is 2.71. The molecule has 8 heteroatoms. The summed E-state index contributed by atoms with van der Waals surface area (Å²) in [7, 11) is 1.56. The van der Waals surface area contributed by atoms with Crippen molar-refractivity contribution in [3.8, 4) is 11.3 Å². The van der Waals surface area contributed by atoms with Crippen LogP contribution in [-0.2, 0) is 13.2 Å². The first-order valence-electron chi connectivity index (χ1n) is 5.47. The number of benzene rings is 1. The smallest absolute Gasteiger partial charge is 0.364 e. The van der Waals surface area contributed by atoms with Gasteiger partial charge in [0, 0.05) is 29.4 Å². The highest BCUT2D eigenvalue weighted by Crippen LogP contribution is 2.40. The lowest BCUT2D eigenvalue weighted by atomic mass is 10.0. The van der Waals surface area contributed by atoms with Crippen molar-refractivity contribution >= 4 is 11.6 Å². The van der Waals surface area contributed by atoms with E-state index in [2.05, 4.69) is 5.10 Å². The van der Waals surface area contributed by atoms with Gasteiger partial charge in [-0.1, -0.05) is 11.6 Å². The molecule has 0 radical (unpaired) electrons. The second kappa shape index (κ2) is 5.08. The zero-order chi connectivity index (χ0) is 15.1. The third-order valence-electron chi connectivity index (χ3n) is 2.71. The SMILES string of the molecule is Cn1ccc(-c2cc(C(O)O)c(Cl)cc2C(F)(F)F)n1. The average molecular weight is 307 g/mol. The van der Waals surface area contributed by atoms with Gasteiger partial charge in [0.1, 0.15) is 0 Å². The summed E-state index contributed by atoms with van der Waals surface area (Å²) >= 11 is 5.65. The predicted molar refractivity (Wildman–Crippen MR) is 65.8 cm³/mol. The zero-order valence-electron chi connectivity index (χ0n) is 10.2. The summed E-state index contributed by atoms with van der Waals surface area (Å²) in [5.74, 6) is 0. The van der Waals surface area contributed by atoms with Crippen LogP contribution in [0.2, 0.25) is 5.02 Å². The van der Waals surface area contributed by atoms with E-state index in [4.69, 9.17) is 21.8 Å². The number of alkyl halides is 3. The molecule has 0 amide bonds. The van der Waals surface area contributed by atoms with Gasteiger partial charge in [-0.15, -0.1) is 0 Å². The Morgan fingerprint density at radius 3 is 2.40 bits per heavy atom. The molecule has 20 heavy (non-hydrogen) atoms. The zero-order valence-corrected chi connectivity index (χ0v) is 10.9. The first-order valence-corrected chi connectivity index (χ1v) is 5.84. The van der Waals surface area contributed by atoms with E-state index in [1.807, 2.05) is 0 Å². The lowest BCUT2D eigenvalue weighted by Crippen LogP contribution is -2.09. The molecule has 2 aromatic rings. The first-order chi connectivity index (χ1) is 9.20. The van der Waals surface area contributed by atoms with Crippen molar-refractivity contribution in [1.82, 2.24) is 9.78 Å². The molecular weight excluding hydrogens is 297 g/mol. The number of halogens is 4. The van der Waals surface area contributed by atoms with E-state index in [-0.39, 0.29) is 21.8 Å². The molecule has 1 aromatic heterocycles. The van der Waals surface area contributed by atoms with Crippen LogP contribution in [0.3, 0.4) is 0 Å². The molecule has 0 aliphatic carbocycles. The fraction of sp³-hybridized carbons (Fsp3) is 0.250. The Morgan fingerprint density at radius 2 is 1.95 bits per heavy atom. The molecule has 0 saturated carbocycles. The Morgan fingerprint density at radius 1 is 1.30 bits per heavy atom. The number of aliphatic hydroxyl groups is 2. The van der Waals surface area contributed by atoms with Gasteiger partial charge >= 0.3 is 6.18 Å². The van der Waals surface area contributed by atoms with Gasteiger partial charge in [-0.25, -0.2) is 0 Å². The maximum Gasteiger partial charge on any atom is 0.417 e. The van der Waals surface area contributed by atoms with E-state index in [1.54, 1.807) is 7.05 Å². The molecule has 0 fully saturated rings. The van der Waals surface area contributed by atoms with Crippen LogP contribution in [0.25, 0.3) is 11.3 Å². The van der Waals surface area contributed by atoms with Gasteiger partial charge in [-0.3, -0.25) is 4.68 Å². The van der Waals surface area contributed by atoms with Gasteiger partial charge < -0.3 is 10.2 Å². The lowest BCUT2D eigenvalue weighted by molar-refractivity contribution is -0.137. The number of nitrogens with zero attached hydrogens (tertiary/aromatic N) is 2. The Hall–Kier alpha value is -1.57. The number of hydrogen-bond donors (Lipinski definition) is 2. The number of aliphatic hydroxyl groups excluding tert-OH is 1. The maximum atomic E-state index is 13.0. The summed E-state index contributed by atoms with van der Waals surface area (Å²) < 4.78 is 40.5. The largest absolute Gasteiger partial charge is 0.417 e. The van der Waals surface area contributed by atoms with E-state index in [1.165, 1.54) is 16.9 Å². The van der Waals surface area contributed by atoms with Crippen LogP contribution in [0.15, 0.2) is 24.4 Å². The number of rotatable bonds is 2. The van der Waals surface area contributed by atoms with E-state index in [0.717, 1.165) is 6.07 Å². The van der Waals surface area contributed by atoms with Crippen molar-refractivity contribution in [3.05, 3.63) is 40.5 Å². The molecule has 0 atom stereocenters. The molecule has 0 saturated heterocycles. The molecule has 108 valence electrons. The van der Waals surface area contributed by atoms with Gasteiger partial charge in [0.15, 0.2) is 6.29 Å². The molecule has 0 spiro atoms. The summed E-state index contributed by atoms with van der Waals surface area (Å²) in [6, 6.07) is 3.05. The monoisotopic (exact) mass is 306 g/mol. The third-order valence-corrected chi connectivity index (χ3v) is 3.04. The Kier molecular flexibility index (Phi) is 3.77. The van der Waals surface area contributed by atoms with Crippen LogP contribution in [0.4, 0.5) is 13.2 Å². The van der Waals surface area contributed by atoms with Crippen LogP contribution in [0.5, 0.6) is 0 Å². The molecule has 0 aliphatic rings. The molecule has 0 aliphatic heterocycles. The molecular formula is C12H10ClF3N2O2. The maximum absolute atomic E-state index is 13.0. The Labute approximate surface area is 117 Å². The average Bonchev–Trinajstić information content (AvgIpc) is 2.73. The second-order valence-electron chi connectivity index (χ2n) is 4.17. The summed E-state index contributed by atoms with van der Waals surface area (Å²) in [5, 5.41) is 21.8. The van der Waals surface area contributed by atoms with Crippen LogP contribution >= 0.6 is 11.6 Å². The highest BCUT2D eigenvalue weighted by molar-refractivity contribution is 6.31. The summed E-state index contributed by atoms with van der Waals surface area (Å²) in [6.07, 6.45) is -5.11. The van der Waals surface area contributed by atoms with Gasteiger partial charge in [0.2, 0.25) is 0 Å². The van der Waals surface area contributed by atoms with Crippen molar-refractivity contribution < 1.29 is 23.4 Å². The third kappa shape index (κ3) is 2.79. The minimum atomic E-state index is -4.63. The first kappa shape index (κ1) is 14.8. The Bertz CT molecular complexity index is 638. The van der Waals surface area contributed by atoms with Crippen molar-refractivity contribution in [2.75, 3.05) is 0 Å². The summed E-state index contributed by atoms with van der Waals surface area (Å²) in [4.78, 5) is 0. The van der Waals surface area contributed by atoms with Gasteiger partial charge in [0.05, 0.1) is 11.3 Å². The van der Waals surface area contributed by atoms with Crippen LogP contribution in [0, 0.1) is 0 Å². The predicted octanol–water partition coefficient (Wildman–Crippen LogP) is 2.74. The number of hydrogen-bond acceptors (Lipinski definition) is 3. The molecule has 0 bridgehead atoms. The van der Waals surface area contributed by atoms with Gasteiger partial charge in [-0.05, 0) is 18.2 Å². The summed E-state index contributed by atoms with van der Waals surface area (Å²) in [6.45, 7) is 0. The summed E-state index contributed by atoms with van der Waals surface area (Å²) in [5.41, 5.74) is -1.38. The fourth-order valence-electron chi connectivity index (χ4n) is 1.79. The van der Waals surface area contributed by atoms with Crippen LogP contribution in [0.1, 0.15) is 17.4 Å². The molecule has 2 rings (SSSR count). The van der Waals surface area contributed by atoms with Crippen molar-refractivity contribution in [2.45, 2.75) is 12.5 Å². The van der Waals surface area contributed by atoms with E-state index in [0.29, 0.717) is 6.07 Å². The van der Waals surface area contributed by atoms with E-state index in [9.17, 15) is 13.2 Å². The topological polar surface area (TPSA) is 58.3 Å². The second-order valence-corrected chi connectivity index (χ2v) is 4.57. The molecule has 1 heterocycles. The van der Waals surface area contributed by atoms with E-state index >= 15 is 0 Å². The van der Waals surface area contributed by atoms with Crippen molar-refractivity contribution in [2.24, 2.45) is 7.05 Å². The van der Waals surface area contributed by atoms with Gasteiger partial charge in [-0.2, -0.15) is 18.3 Å². The molecule has 1 aromatic carbocycles. The molecule has 2 N–H and O–H groups in total. The van der Waals surface area contributed by atoms with Crippen LogP contribution < -0.4 is 0 Å². The number of aromatic nitrogens is 2. The minimum Gasteiger partial charge on any atom is -0.364 e. The standard InChI is InChI=1S/C12H10ClF3N2O2/c1-18-3-2-10(17-18)6-4-7(11(19)20)9(13)5-8(6)12(14,15)16/h2-5,11,19-20H,1H3. The van der Waals surface area contributed by atoms with E-state index < -0.39 is 18.0 Å². The van der Waals surface area contributed by atoms with Crippen LogP contribution in [-0.4, -0.2) is 20.0 Å². The highest BCUT2D eigenvalue weighted by Gasteiger charge is 2.35. The van der Waals surface area contributed by atoms with Gasteiger partial charge in [0.25, 0.3) is 0 Å². The lowest BCUT2D eigenvalue weighted by Gasteiger charge is -2.15. The van der Waals surface area contributed by atoms with Crippen molar-refractivity contribution in [3.63, 3.8) is 0 Å².